The van der Waals surface area contributed by atoms with E-state index in [1.165, 1.54) is 4.88 Å². The van der Waals surface area contributed by atoms with Crippen LogP contribution in [0.1, 0.15) is 22.2 Å². The number of nitrogens with zero attached hydrogens (tertiary/aromatic N) is 1. The van der Waals surface area contributed by atoms with Gasteiger partial charge in [-0.05, 0) is 42.6 Å². The average Bonchev–Trinajstić information content (AvgIpc) is 2.89. The molecule has 0 saturated heterocycles. The van der Waals surface area contributed by atoms with Crippen molar-refractivity contribution in [2.75, 3.05) is 6.54 Å². The van der Waals surface area contributed by atoms with E-state index in [1.807, 2.05) is 47.5 Å². The molecule has 4 heteroatoms. The van der Waals surface area contributed by atoms with E-state index >= 15 is 0 Å². The zero-order valence-corrected chi connectivity index (χ0v) is 12.5. The predicted octanol–water partition coefficient (Wildman–Crippen LogP) is 4.17. The Kier molecular flexibility index (Phi) is 4.55. The van der Waals surface area contributed by atoms with Gasteiger partial charge in [-0.1, -0.05) is 22.0 Å². The summed E-state index contributed by atoms with van der Waals surface area (Å²) in [5, 5.41) is 2.03. The SMILES string of the molecule is CCN(Cc1cccs1)C(=O)c1ccc(Br)cc1. The predicted molar refractivity (Wildman–Crippen MR) is 78.9 cm³/mol. The lowest BCUT2D eigenvalue weighted by Crippen LogP contribution is -2.29. The van der Waals surface area contributed by atoms with Gasteiger partial charge >= 0.3 is 0 Å². The molecule has 0 aliphatic rings. The molecule has 0 aliphatic carbocycles. The van der Waals surface area contributed by atoms with E-state index < -0.39 is 0 Å². The topological polar surface area (TPSA) is 20.3 Å². The fourth-order valence-corrected chi connectivity index (χ4v) is 2.68. The molecule has 2 rings (SSSR count). The molecular weight excluding hydrogens is 310 g/mol. The molecule has 0 fully saturated rings. The Labute approximate surface area is 119 Å². The number of carbonyl (C=O) groups excluding carboxylic acids is 1. The van der Waals surface area contributed by atoms with Crippen LogP contribution in [0.2, 0.25) is 0 Å². The van der Waals surface area contributed by atoms with Crippen molar-refractivity contribution in [3.63, 3.8) is 0 Å². The Morgan fingerprint density at radius 2 is 2.00 bits per heavy atom. The average molecular weight is 324 g/mol. The first kappa shape index (κ1) is 13.3. The third-order valence-electron chi connectivity index (χ3n) is 2.69. The highest BCUT2D eigenvalue weighted by Crippen LogP contribution is 2.16. The van der Waals surface area contributed by atoms with Crippen molar-refractivity contribution in [3.05, 3.63) is 56.7 Å². The van der Waals surface area contributed by atoms with E-state index in [4.69, 9.17) is 0 Å². The van der Waals surface area contributed by atoms with Gasteiger partial charge in [0.1, 0.15) is 0 Å². The number of carbonyl (C=O) groups is 1. The molecule has 94 valence electrons. The van der Waals surface area contributed by atoms with Crippen molar-refractivity contribution >= 4 is 33.2 Å². The molecule has 0 atom stereocenters. The Balaban J connectivity index is 2.12. The third-order valence-corrected chi connectivity index (χ3v) is 4.08. The van der Waals surface area contributed by atoms with Crippen LogP contribution in [-0.4, -0.2) is 17.4 Å². The minimum absolute atomic E-state index is 0.0819. The van der Waals surface area contributed by atoms with E-state index in [2.05, 4.69) is 22.0 Å². The quantitative estimate of drug-likeness (QED) is 0.826. The lowest BCUT2D eigenvalue weighted by atomic mass is 10.2. The Hall–Kier alpha value is -1.13. The molecule has 1 heterocycles. The fourth-order valence-electron chi connectivity index (χ4n) is 1.69. The van der Waals surface area contributed by atoms with Crippen LogP contribution in [0.4, 0.5) is 0 Å². The van der Waals surface area contributed by atoms with Crippen LogP contribution in [0.25, 0.3) is 0 Å². The van der Waals surface area contributed by atoms with Crippen LogP contribution < -0.4 is 0 Å². The zero-order valence-electron chi connectivity index (χ0n) is 10.1. The number of hydrogen-bond acceptors (Lipinski definition) is 2. The standard InChI is InChI=1S/C14H14BrNOS/c1-2-16(10-13-4-3-9-18-13)14(17)11-5-7-12(15)8-6-11/h3-9H,2,10H2,1H3. The second-order valence-electron chi connectivity index (χ2n) is 3.91. The molecule has 0 spiro atoms. The van der Waals surface area contributed by atoms with E-state index in [1.54, 1.807) is 11.3 Å². The van der Waals surface area contributed by atoms with Crippen LogP contribution >= 0.6 is 27.3 Å². The van der Waals surface area contributed by atoms with Crippen LogP contribution in [0, 0.1) is 0 Å². The first-order valence-electron chi connectivity index (χ1n) is 5.78. The number of rotatable bonds is 4. The molecule has 0 aliphatic heterocycles. The van der Waals surface area contributed by atoms with E-state index in [9.17, 15) is 4.79 Å². The molecule has 2 nitrogen and oxygen atoms in total. The molecule has 2 aromatic rings. The molecule has 0 saturated carbocycles. The lowest BCUT2D eigenvalue weighted by molar-refractivity contribution is 0.0754. The van der Waals surface area contributed by atoms with Crippen LogP contribution in [0.5, 0.6) is 0 Å². The highest BCUT2D eigenvalue weighted by atomic mass is 79.9. The first-order chi connectivity index (χ1) is 8.70. The van der Waals surface area contributed by atoms with Gasteiger partial charge in [0, 0.05) is 21.5 Å². The summed E-state index contributed by atoms with van der Waals surface area (Å²) in [6.07, 6.45) is 0. The summed E-state index contributed by atoms with van der Waals surface area (Å²) in [6.45, 7) is 3.40. The highest BCUT2D eigenvalue weighted by Gasteiger charge is 2.14. The van der Waals surface area contributed by atoms with Gasteiger partial charge in [0.25, 0.3) is 5.91 Å². The summed E-state index contributed by atoms with van der Waals surface area (Å²) in [7, 11) is 0. The fraction of sp³-hybridized carbons (Fsp3) is 0.214. The number of halogens is 1. The summed E-state index contributed by atoms with van der Waals surface area (Å²) >= 11 is 5.05. The monoisotopic (exact) mass is 323 g/mol. The van der Waals surface area contributed by atoms with Gasteiger partial charge in [0.15, 0.2) is 0 Å². The van der Waals surface area contributed by atoms with Crippen molar-refractivity contribution in [1.29, 1.82) is 0 Å². The second-order valence-corrected chi connectivity index (χ2v) is 5.85. The van der Waals surface area contributed by atoms with Crippen molar-refractivity contribution in [2.24, 2.45) is 0 Å². The highest BCUT2D eigenvalue weighted by molar-refractivity contribution is 9.10. The third kappa shape index (κ3) is 3.21. The molecule has 0 unspecified atom stereocenters. The zero-order chi connectivity index (χ0) is 13.0. The number of thiophene rings is 1. The van der Waals surface area contributed by atoms with Gasteiger partial charge in [-0.15, -0.1) is 11.3 Å². The molecule has 1 aromatic carbocycles. The normalized spacial score (nSPS) is 10.3. The molecule has 0 bridgehead atoms. The number of amides is 1. The lowest BCUT2D eigenvalue weighted by Gasteiger charge is -2.20. The summed E-state index contributed by atoms with van der Waals surface area (Å²) < 4.78 is 0.986. The second kappa shape index (κ2) is 6.16. The van der Waals surface area contributed by atoms with Gasteiger partial charge in [0.2, 0.25) is 0 Å². The van der Waals surface area contributed by atoms with Crippen LogP contribution in [-0.2, 0) is 6.54 Å². The maximum atomic E-state index is 12.3. The van der Waals surface area contributed by atoms with Gasteiger partial charge in [0.05, 0.1) is 6.54 Å². The molecule has 0 N–H and O–H groups in total. The Morgan fingerprint density at radius 1 is 1.28 bits per heavy atom. The van der Waals surface area contributed by atoms with Gasteiger partial charge in [-0.3, -0.25) is 4.79 Å². The molecule has 1 aromatic heterocycles. The minimum atomic E-state index is 0.0819. The van der Waals surface area contributed by atoms with Crippen LogP contribution in [0.15, 0.2) is 46.3 Å². The Bertz CT molecular complexity index is 507. The molecule has 0 radical (unpaired) electrons. The summed E-state index contributed by atoms with van der Waals surface area (Å²) in [4.78, 5) is 15.4. The summed E-state index contributed by atoms with van der Waals surface area (Å²) in [5.41, 5.74) is 0.733. The maximum absolute atomic E-state index is 12.3. The molecule has 1 amide bonds. The first-order valence-corrected chi connectivity index (χ1v) is 7.45. The molecular formula is C14H14BrNOS. The summed E-state index contributed by atoms with van der Waals surface area (Å²) in [5.74, 6) is 0.0819. The van der Waals surface area contributed by atoms with Crippen molar-refractivity contribution in [3.8, 4) is 0 Å². The van der Waals surface area contributed by atoms with E-state index in [0.29, 0.717) is 13.1 Å². The van der Waals surface area contributed by atoms with Gasteiger partial charge in [-0.2, -0.15) is 0 Å². The van der Waals surface area contributed by atoms with Crippen LogP contribution in [0.3, 0.4) is 0 Å². The van der Waals surface area contributed by atoms with Gasteiger partial charge < -0.3 is 4.90 Å². The number of hydrogen-bond donors (Lipinski definition) is 0. The van der Waals surface area contributed by atoms with Crippen molar-refractivity contribution < 1.29 is 4.79 Å². The van der Waals surface area contributed by atoms with E-state index in [0.717, 1.165) is 10.0 Å². The smallest absolute Gasteiger partial charge is 0.254 e. The van der Waals surface area contributed by atoms with E-state index in [-0.39, 0.29) is 5.91 Å². The minimum Gasteiger partial charge on any atom is -0.334 e. The van der Waals surface area contributed by atoms with Crippen molar-refractivity contribution in [2.45, 2.75) is 13.5 Å². The summed E-state index contributed by atoms with van der Waals surface area (Å²) in [6, 6.07) is 11.6. The largest absolute Gasteiger partial charge is 0.334 e. The van der Waals surface area contributed by atoms with Gasteiger partial charge in [-0.25, -0.2) is 0 Å². The number of benzene rings is 1. The maximum Gasteiger partial charge on any atom is 0.254 e. The Morgan fingerprint density at radius 3 is 2.56 bits per heavy atom. The molecule has 18 heavy (non-hydrogen) atoms. The van der Waals surface area contributed by atoms with Crippen molar-refractivity contribution in [1.82, 2.24) is 4.90 Å².